The summed E-state index contributed by atoms with van der Waals surface area (Å²) in [5.74, 6) is 0.831. The van der Waals surface area contributed by atoms with E-state index in [1.165, 1.54) is 0 Å². The fourth-order valence-electron chi connectivity index (χ4n) is 1.54. The predicted octanol–water partition coefficient (Wildman–Crippen LogP) is 2.22. The Morgan fingerprint density at radius 1 is 1.19 bits per heavy atom. The molecular formula is C13H14N2O. The molecule has 1 heterocycles. The second-order valence-electron chi connectivity index (χ2n) is 3.45. The van der Waals surface area contributed by atoms with Crippen LogP contribution in [0.4, 0.5) is 0 Å². The van der Waals surface area contributed by atoms with Crippen molar-refractivity contribution in [3.05, 3.63) is 48.2 Å². The predicted molar refractivity (Wildman–Crippen MR) is 64.1 cm³/mol. The minimum absolute atomic E-state index is 0.456. The van der Waals surface area contributed by atoms with Crippen LogP contribution in [0, 0.1) is 0 Å². The van der Waals surface area contributed by atoms with Crippen LogP contribution in [-0.2, 0) is 6.54 Å². The number of nitrogens with two attached hydrogens (primary N) is 1. The van der Waals surface area contributed by atoms with E-state index in [9.17, 15) is 0 Å². The third kappa shape index (κ3) is 2.20. The highest BCUT2D eigenvalue weighted by molar-refractivity contribution is 5.61. The van der Waals surface area contributed by atoms with Crippen LogP contribution in [0.3, 0.4) is 0 Å². The maximum absolute atomic E-state index is 5.57. The molecular weight excluding hydrogens is 200 g/mol. The molecule has 0 aliphatic heterocycles. The van der Waals surface area contributed by atoms with Gasteiger partial charge in [0.25, 0.3) is 0 Å². The molecule has 0 saturated heterocycles. The second kappa shape index (κ2) is 4.77. The molecule has 3 heteroatoms. The van der Waals surface area contributed by atoms with Crippen LogP contribution < -0.4 is 10.5 Å². The number of pyridine rings is 1. The Labute approximate surface area is 94.9 Å². The van der Waals surface area contributed by atoms with Crippen LogP contribution in [0.15, 0.2) is 42.5 Å². The molecule has 2 N–H and O–H groups in total. The summed E-state index contributed by atoms with van der Waals surface area (Å²) in [6, 6.07) is 13.7. The van der Waals surface area contributed by atoms with Crippen molar-refractivity contribution in [2.45, 2.75) is 6.54 Å². The number of hydrogen-bond acceptors (Lipinski definition) is 3. The summed E-state index contributed by atoms with van der Waals surface area (Å²) in [5, 5.41) is 0. The normalized spacial score (nSPS) is 10.1. The van der Waals surface area contributed by atoms with Gasteiger partial charge in [0.15, 0.2) is 0 Å². The number of nitrogens with zero attached hydrogens (tertiary/aromatic N) is 1. The minimum atomic E-state index is 0.456. The highest BCUT2D eigenvalue weighted by Crippen LogP contribution is 2.22. The molecule has 16 heavy (non-hydrogen) atoms. The van der Waals surface area contributed by atoms with Crippen molar-refractivity contribution >= 4 is 0 Å². The quantitative estimate of drug-likeness (QED) is 0.852. The van der Waals surface area contributed by atoms with Gasteiger partial charge in [0, 0.05) is 12.1 Å². The molecule has 3 nitrogen and oxygen atoms in total. The van der Waals surface area contributed by atoms with E-state index in [0.29, 0.717) is 6.54 Å². The Bertz CT molecular complexity index is 437. The third-order valence-electron chi connectivity index (χ3n) is 2.38. The number of benzene rings is 1. The van der Waals surface area contributed by atoms with E-state index in [2.05, 4.69) is 4.98 Å². The molecule has 0 spiro atoms. The van der Waals surface area contributed by atoms with Gasteiger partial charge in [-0.2, -0.15) is 0 Å². The van der Waals surface area contributed by atoms with Gasteiger partial charge in [-0.15, -0.1) is 0 Å². The van der Waals surface area contributed by atoms with E-state index in [4.69, 9.17) is 10.5 Å². The van der Waals surface area contributed by atoms with E-state index in [0.717, 1.165) is 22.7 Å². The van der Waals surface area contributed by atoms with Gasteiger partial charge in [-0.3, -0.25) is 4.98 Å². The molecule has 1 aromatic heterocycles. The van der Waals surface area contributed by atoms with Gasteiger partial charge in [0.2, 0.25) is 0 Å². The zero-order valence-electron chi connectivity index (χ0n) is 9.18. The van der Waals surface area contributed by atoms with Crippen molar-refractivity contribution in [2.75, 3.05) is 7.11 Å². The van der Waals surface area contributed by atoms with E-state index in [-0.39, 0.29) is 0 Å². The lowest BCUT2D eigenvalue weighted by Gasteiger charge is -2.05. The van der Waals surface area contributed by atoms with Crippen LogP contribution in [-0.4, -0.2) is 12.1 Å². The zero-order chi connectivity index (χ0) is 11.4. The summed E-state index contributed by atoms with van der Waals surface area (Å²) in [4.78, 5) is 4.46. The molecule has 0 radical (unpaired) electrons. The minimum Gasteiger partial charge on any atom is -0.497 e. The highest BCUT2D eigenvalue weighted by Gasteiger charge is 2.01. The van der Waals surface area contributed by atoms with Crippen molar-refractivity contribution < 1.29 is 4.74 Å². The molecule has 0 fully saturated rings. The van der Waals surface area contributed by atoms with Gasteiger partial charge in [0.05, 0.1) is 18.5 Å². The lowest BCUT2D eigenvalue weighted by atomic mass is 10.1. The lowest BCUT2D eigenvalue weighted by Crippen LogP contribution is -1.99. The van der Waals surface area contributed by atoms with Gasteiger partial charge in [-0.05, 0) is 24.3 Å². The number of ether oxygens (including phenoxy) is 1. The molecule has 0 unspecified atom stereocenters. The largest absolute Gasteiger partial charge is 0.497 e. The summed E-state index contributed by atoms with van der Waals surface area (Å²) < 4.78 is 5.18. The van der Waals surface area contributed by atoms with E-state index in [1.807, 2.05) is 42.5 Å². The first-order valence-electron chi connectivity index (χ1n) is 5.14. The van der Waals surface area contributed by atoms with Crippen molar-refractivity contribution in [3.8, 4) is 17.0 Å². The fraction of sp³-hybridized carbons (Fsp3) is 0.154. The number of rotatable bonds is 3. The molecule has 0 aliphatic rings. The summed E-state index contributed by atoms with van der Waals surface area (Å²) in [7, 11) is 1.66. The monoisotopic (exact) mass is 214 g/mol. The topological polar surface area (TPSA) is 48.1 Å². The van der Waals surface area contributed by atoms with Crippen molar-refractivity contribution in [2.24, 2.45) is 5.73 Å². The van der Waals surface area contributed by atoms with E-state index < -0.39 is 0 Å². The fourth-order valence-corrected chi connectivity index (χ4v) is 1.54. The average Bonchev–Trinajstić information content (AvgIpc) is 2.39. The van der Waals surface area contributed by atoms with Crippen LogP contribution in [0.2, 0.25) is 0 Å². The van der Waals surface area contributed by atoms with Crippen molar-refractivity contribution in [3.63, 3.8) is 0 Å². The summed E-state index contributed by atoms with van der Waals surface area (Å²) in [5.41, 5.74) is 8.41. The summed E-state index contributed by atoms with van der Waals surface area (Å²) in [6.45, 7) is 0.456. The number of hydrogen-bond donors (Lipinski definition) is 1. The Balaban J connectivity index is 2.41. The first-order chi connectivity index (χ1) is 7.83. The summed E-state index contributed by atoms with van der Waals surface area (Å²) >= 11 is 0. The number of methoxy groups -OCH3 is 1. The number of aromatic nitrogens is 1. The molecule has 82 valence electrons. The van der Waals surface area contributed by atoms with Gasteiger partial charge in [-0.1, -0.05) is 18.2 Å². The molecule has 2 aromatic rings. The molecule has 0 saturated carbocycles. The second-order valence-corrected chi connectivity index (χ2v) is 3.45. The Morgan fingerprint density at radius 2 is 2.00 bits per heavy atom. The Morgan fingerprint density at radius 3 is 2.75 bits per heavy atom. The van der Waals surface area contributed by atoms with Crippen molar-refractivity contribution in [1.29, 1.82) is 0 Å². The zero-order valence-corrected chi connectivity index (χ0v) is 9.18. The van der Waals surface area contributed by atoms with Gasteiger partial charge in [-0.25, -0.2) is 0 Å². The van der Waals surface area contributed by atoms with Crippen LogP contribution in [0.5, 0.6) is 5.75 Å². The first-order valence-corrected chi connectivity index (χ1v) is 5.14. The summed E-state index contributed by atoms with van der Waals surface area (Å²) in [6.07, 6.45) is 0. The van der Waals surface area contributed by atoms with Crippen LogP contribution in [0.25, 0.3) is 11.3 Å². The SMILES string of the molecule is COc1cccc(-c2cccc(CN)n2)c1. The highest BCUT2D eigenvalue weighted by atomic mass is 16.5. The van der Waals surface area contributed by atoms with Crippen molar-refractivity contribution in [1.82, 2.24) is 4.98 Å². The molecule has 0 atom stereocenters. The van der Waals surface area contributed by atoms with Crippen LogP contribution >= 0.6 is 0 Å². The smallest absolute Gasteiger partial charge is 0.119 e. The van der Waals surface area contributed by atoms with Crippen LogP contribution in [0.1, 0.15) is 5.69 Å². The molecule has 0 aliphatic carbocycles. The standard InChI is InChI=1S/C13H14N2O/c1-16-12-6-2-4-10(8-12)13-7-3-5-11(9-14)15-13/h2-8H,9,14H2,1H3. The van der Waals surface area contributed by atoms with Gasteiger partial charge < -0.3 is 10.5 Å². The molecule has 0 bridgehead atoms. The van der Waals surface area contributed by atoms with Gasteiger partial charge in [0.1, 0.15) is 5.75 Å². The maximum atomic E-state index is 5.57. The first kappa shape index (κ1) is 10.6. The Hall–Kier alpha value is -1.87. The lowest BCUT2D eigenvalue weighted by molar-refractivity contribution is 0.415. The van der Waals surface area contributed by atoms with Gasteiger partial charge >= 0.3 is 0 Å². The van der Waals surface area contributed by atoms with E-state index in [1.54, 1.807) is 7.11 Å². The maximum Gasteiger partial charge on any atom is 0.119 e. The molecule has 1 aromatic carbocycles. The molecule has 2 rings (SSSR count). The average molecular weight is 214 g/mol. The Kier molecular flexibility index (Phi) is 3.17. The third-order valence-corrected chi connectivity index (χ3v) is 2.38. The molecule has 0 amide bonds. The van der Waals surface area contributed by atoms with E-state index >= 15 is 0 Å².